The van der Waals surface area contributed by atoms with Crippen LogP contribution in [-0.2, 0) is 23.0 Å². The van der Waals surface area contributed by atoms with Crippen LogP contribution in [0.5, 0.6) is 0 Å². The maximum absolute atomic E-state index is 11.7. The zero-order valence-electron chi connectivity index (χ0n) is 9.69. The standard InChI is InChI=1S/C12H18N2O2/c1-14-7-6-13-12(14)5-4-10(15)9-11-3-2-8-16-11/h6-7,11H,2-5,8-9H2,1H3. The first kappa shape index (κ1) is 11.3. The van der Waals surface area contributed by atoms with Gasteiger partial charge in [-0.1, -0.05) is 0 Å². The molecule has 0 spiro atoms. The summed E-state index contributed by atoms with van der Waals surface area (Å²) in [7, 11) is 1.95. The van der Waals surface area contributed by atoms with Crippen LogP contribution < -0.4 is 0 Å². The van der Waals surface area contributed by atoms with Gasteiger partial charge in [0, 0.05) is 45.3 Å². The maximum Gasteiger partial charge on any atom is 0.135 e. The molecule has 1 saturated heterocycles. The van der Waals surface area contributed by atoms with Crippen LogP contribution in [-0.4, -0.2) is 28.0 Å². The molecule has 1 fully saturated rings. The molecule has 1 atom stereocenters. The fraction of sp³-hybridized carbons (Fsp3) is 0.667. The van der Waals surface area contributed by atoms with E-state index in [-0.39, 0.29) is 11.9 Å². The number of Topliss-reactive ketones (excluding diaryl/α,β-unsaturated/α-hetero) is 1. The second kappa shape index (κ2) is 5.25. The highest BCUT2D eigenvalue weighted by atomic mass is 16.5. The van der Waals surface area contributed by atoms with E-state index >= 15 is 0 Å². The van der Waals surface area contributed by atoms with E-state index in [9.17, 15) is 4.79 Å². The van der Waals surface area contributed by atoms with Crippen molar-refractivity contribution in [2.45, 2.75) is 38.2 Å². The predicted octanol–water partition coefficient (Wildman–Crippen LogP) is 1.49. The Balaban J connectivity index is 1.73. The summed E-state index contributed by atoms with van der Waals surface area (Å²) < 4.78 is 7.40. The molecule has 16 heavy (non-hydrogen) atoms. The van der Waals surface area contributed by atoms with E-state index in [1.54, 1.807) is 6.20 Å². The van der Waals surface area contributed by atoms with E-state index in [1.165, 1.54) is 0 Å². The molecule has 1 aromatic rings. The van der Waals surface area contributed by atoms with Crippen LogP contribution in [0.15, 0.2) is 12.4 Å². The lowest BCUT2D eigenvalue weighted by atomic mass is 10.1. The summed E-state index contributed by atoms with van der Waals surface area (Å²) in [5.41, 5.74) is 0. The van der Waals surface area contributed by atoms with E-state index in [4.69, 9.17) is 4.74 Å². The number of aromatic nitrogens is 2. The summed E-state index contributed by atoms with van der Waals surface area (Å²) in [5.74, 6) is 1.26. The van der Waals surface area contributed by atoms with E-state index in [0.717, 1.165) is 31.7 Å². The first-order valence-electron chi connectivity index (χ1n) is 5.85. The van der Waals surface area contributed by atoms with Crippen molar-refractivity contribution < 1.29 is 9.53 Å². The smallest absolute Gasteiger partial charge is 0.135 e. The Labute approximate surface area is 95.6 Å². The Morgan fingerprint density at radius 2 is 2.56 bits per heavy atom. The largest absolute Gasteiger partial charge is 0.378 e. The Hall–Kier alpha value is -1.16. The summed E-state index contributed by atoms with van der Waals surface area (Å²) in [6.07, 6.45) is 7.85. The van der Waals surface area contributed by atoms with Crippen molar-refractivity contribution in [2.75, 3.05) is 6.61 Å². The summed E-state index contributed by atoms with van der Waals surface area (Å²) in [6, 6.07) is 0. The molecular weight excluding hydrogens is 204 g/mol. The van der Waals surface area contributed by atoms with Gasteiger partial charge in [0.2, 0.25) is 0 Å². The van der Waals surface area contributed by atoms with Crippen LogP contribution in [0.25, 0.3) is 0 Å². The molecule has 4 heteroatoms. The average Bonchev–Trinajstić information content (AvgIpc) is 2.87. The molecule has 0 bridgehead atoms. The van der Waals surface area contributed by atoms with Crippen LogP contribution in [0.1, 0.15) is 31.5 Å². The highest BCUT2D eigenvalue weighted by Gasteiger charge is 2.18. The third-order valence-corrected chi connectivity index (χ3v) is 3.03. The average molecular weight is 222 g/mol. The Kier molecular flexibility index (Phi) is 3.72. The third kappa shape index (κ3) is 2.92. The number of ether oxygens (including phenoxy) is 1. The molecule has 88 valence electrons. The number of rotatable bonds is 5. The van der Waals surface area contributed by atoms with Crippen LogP contribution >= 0.6 is 0 Å². The summed E-state index contributed by atoms with van der Waals surface area (Å²) in [4.78, 5) is 15.9. The molecule has 1 aromatic heterocycles. The SMILES string of the molecule is Cn1ccnc1CCC(=O)CC1CCCO1. The predicted molar refractivity (Wildman–Crippen MR) is 60.1 cm³/mol. The molecule has 1 unspecified atom stereocenters. The van der Waals surface area contributed by atoms with Crippen LogP contribution in [0, 0.1) is 0 Å². The molecule has 4 nitrogen and oxygen atoms in total. The highest BCUT2D eigenvalue weighted by molar-refractivity contribution is 5.79. The minimum atomic E-state index is 0.175. The van der Waals surface area contributed by atoms with Gasteiger partial charge in [-0.2, -0.15) is 0 Å². The number of aryl methyl sites for hydroxylation is 2. The summed E-state index contributed by atoms with van der Waals surface area (Å²) >= 11 is 0. The van der Waals surface area contributed by atoms with Crippen LogP contribution in [0.2, 0.25) is 0 Å². The summed E-state index contributed by atoms with van der Waals surface area (Å²) in [5, 5.41) is 0. The molecule has 0 radical (unpaired) electrons. The fourth-order valence-corrected chi connectivity index (χ4v) is 2.05. The summed E-state index contributed by atoms with van der Waals surface area (Å²) in [6.45, 7) is 0.817. The van der Waals surface area contributed by atoms with Crippen LogP contribution in [0.4, 0.5) is 0 Å². The van der Waals surface area contributed by atoms with Gasteiger partial charge in [0.1, 0.15) is 11.6 Å². The van der Waals surface area contributed by atoms with E-state index in [0.29, 0.717) is 12.8 Å². The van der Waals surface area contributed by atoms with Gasteiger partial charge in [0.25, 0.3) is 0 Å². The monoisotopic (exact) mass is 222 g/mol. The van der Waals surface area contributed by atoms with Gasteiger partial charge in [-0.05, 0) is 12.8 Å². The first-order valence-corrected chi connectivity index (χ1v) is 5.85. The van der Waals surface area contributed by atoms with Gasteiger partial charge >= 0.3 is 0 Å². The number of ketones is 1. The van der Waals surface area contributed by atoms with Crippen molar-refractivity contribution in [3.05, 3.63) is 18.2 Å². The lowest BCUT2D eigenvalue weighted by molar-refractivity contribution is -0.121. The van der Waals surface area contributed by atoms with E-state index < -0.39 is 0 Å². The van der Waals surface area contributed by atoms with Gasteiger partial charge in [0.05, 0.1) is 6.10 Å². The second-order valence-electron chi connectivity index (χ2n) is 4.33. The first-order chi connectivity index (χ1) is 7.75. The quantitative estimate of drug-likeness (QED) is 0.758. The lowest BCUT2D eigenvalue weighted by Crippen LogP contribution is -2.13. The zero-order chi connectivity index (χ0) is 11.4. The van der Waals surface area contributed by atoms with E-state index in [1.807, 2.05) is 17.8 Å². The van der Waals surface area contributed by atoms with Crippen LogP contribution in [0.3, 0.4) is 0 Å². The van der Waals surface area contributed by atoms with Gasteiger partial charge in [0.15, 0.2) is 0 Å². The molecule has 0 aliphatic carbocycles. The Bertz CT molecular complexity index is 354. The number of hydrogen-bond acceptors (Lipinski definition) is 3. The normalized spacial score (nSPS) is 20.2. The van der Waals surface area contributed by atoms with Crippen molar-refractivity contribution in [3.63, 3.8) is 0 Å². The topological polar surface area (TPSA) is 44.1 Å². The molecule has 2 heterocycles. The van der Waals surface area contributed by atoms with Gasteiger partial charge in [-0.25, -0.2) is 4.98 Å². The molecule has 1 aliphatic heterocycles. The van der Waals surface area contributed by atoms with Gasteiger partial charge < -0.3 is 9.30 Å². The molecule has 2 rings (SSSR count). The maximum atomic E-state index is 11.7. The van der Waals surface area contributed by atoms with Crippen molar-refractivity contribution >= 4 is 5.78 Å². The molecule has 0 aromatic carbocycles. The molecule has 0 saturated carbocycles. The zero-order valence-corrected chi connectivity index (χ0v) is 9.69. The van der Waals surface area contributed by atoms with Crippen molar-refractivity contribution in [3.8, 4) is 0 Å². The number of carbonyl (C=O) groups is 1. The molecule has 1 aliphatic rings. The second-order valence-corrected chi connectivity index (χ2v) is 4.33. The van der Waals surface area contributed by atoms with Gasteiger partial charge in [-0.3, -0.25) is 4.79 Å². The molecule has 0 N–H and O–H groups in total. The number of imidazole rings is 1. The number of hydrogen-bond donors (Lipinski definition) is 0. The Morgan fingerprint density at radius 1 is 1.69 bits per heavy atom. The van der Waals surface area contributed by atoms with Crippen molar-refractivity contribution in [2.24, 2.45) is 7.05 Å². The molecular formula is C12H18N2O2. The minimum Gasteiger partial charge on any atom is -0.378 e. The van der Waals surface area contributed by atoms with Crippen molar-refractivity contribution in [1.29, 1.82) is 0 Å². The van der Waals surface area contributed by atoms with Crippen molar-refractivity contribution in [1.82, 2.24) is 9.55 Å². The number of nitrogens with zero attached hydrogens (tertiary/aromatic N) is 2. The minimum absolute atomic E-state index is 0.175. The third-order valence-electron chi connectivity index (χ3n) is 3.03. The lowest BCUT2D eigenvalue weighted by Gasteiger charge is -2.07. The Morgan fingerprint density at radius 3 is 3.19 bits per heavy atom. The number of carbonyl (C=O) groups excluding carboxylic acids is 1. The van der Waals surface area contributed by atoms with E-state index in [2.05, 4.69) is 4.98 Å². The molecule has 0 amide bonds. The fourth-order valence-electron chi connectivity index (χ4n) is 2.05. The van der Waals surface area contributed by atoms with Gasteiger partial charge in [-0.15, -0.1) is 0 Å². The highest BCUT2D eigenvalue weighted by Crippen LogP contribution is 2.16.